The molecule has 0 aromatic heterocycles. The molecule has 0 bridgehead atoms. The van der Waals surface area contributed by atoms with Crippen molar-refractivity contribution in [2.45, 2.75) is 0 Å². The molecule has 12 heavy (non-hydrogen) atoms. The van der Waals surface area contributed by atoms with Gasteiger partial charge in [0.2, 0.25) is 0 Å². The van der Waals surface area contributed by atoms with Crippen molar-refractivity contribution in [1.82, 2.24) is 4.90 Å². The van der Waals surface area contributed by atoms with E-state index in [1.165, 1.54) is 4.90 Å². The molecule has 0 aliphatic heterocycles. The summed E-state index contributed by atoms with van der Waals surface area (Å²) in [6.45, 7) is 0.251. The number of hydrogen-bond donors (Lipinski definition) is 3. The third-order valence-electron chi connectivity index (χ3n) is 1.19. The molecule has 3 N–H and O–H groups in total. The van der Waals surface area contributed by atoms with Gasteiger partial charge in [-0.1, -0.05) is 0 Å². The monoisotopic (exact) mass is 205 g/mol. The van der Waals surface area contributed by atoms with Crippen LogP contribution >= 0.6 is 0 Å². The molecule has 0 atom stereocenters. The topological polar surface area (TPSA) is 81.0 Å². The van der Waals surface area contributed by atoms with Crippen LogP contribution in [0.25, 0.3) is 0 Å². The minimum atomic E-state index is -0.952. The Balaban J connectivity index is -0.000000167. The predicted molar refractivity (Wildman–Crippen MR) is 46.2 cm³/mol. The number of aliphatic hydroxyl groups excluding tert-OH is 2. The number of nitrogens with zero attached hydrogens (tertiary/aromatic N) is 1. The van der Waals surface area contributed by atoms with Crippen LogP contribution in [0.4, 0.5) is 0 Å². The quantitative estimate of drug-likeness (QED) is 0.446. The number of carbonyl (C=O) groups is 1. The molecule has 0 radical (unpaired) electrons. The summed E-state index contributed by atoms with van der Waals surface area (Å²) < 4.78 is 0. The molecule has 0 heterocycles. The van der Waals surface area contributed by atoms with Gasteiger partial charge in [-0.05, 0) is 0 Å². The van der Waals surface area contributed by atoms with E-state index in [1.54, 1.807) is 0 Å². The Bertz CT molecular complexity index is 124. The van der Waals surface area contributed by atoms with Gasteiger partial charge in [0, 0.05) is 13.1 Å². The van der Waals surface area contributed by atoms with Gasteiger partial charge in [0.1, 0.15) is 0 Å². The van der Waals surface area contributed by atoms with Crippen molar-refractivity contribution in [3.05, 3.63) is 0 Å². The second kappa shape index (κ2) is 9.70. The fourth-order valence-corrected chi connectivity index (χ4v) is 0.744. The van der Waals surface area contributed by atoms with E-state index in [0.29, 0.717) is 0 Å². The molecule has 0 saturated heterocycles. The van der Waals surface area contributed by atoms with E-state index >= 15 is 0 Å². The summed E-state index contributed by atoms with van der Waals surface area (Å²) in [5, 5.41) is 25.3. The number of hydrogen-bond acceptors (Lipinski definition) is 4. The molecular weight excluding hydrogens is 190 g/mol. The van der Waals surface area contributed by atoms with Crippen LogP contribution in [-0.2, 0) is 4.79 Å². The fraction of sp³-hybridized carbons (Fsp3) is 0.833. The van der Waals surface area contributed by atoms with Crippen molar-refractivity contribution in [1.29, 1.82) is 0 Å². The zero-order valence-corrected chi connectivity index (χ0v) is 9.15. The van der Waals surface area contributed by atoms with E-state index in [9.17, 15) is 4.79 Å². The van der Waals surface area contributed by atoms with Gasteiger partial charge >= 0.3 is 43.7 Å². The van der Waals surface area contributed by atoms with E-state index in [0.717, 1.165) is 0 Å². The molecule has 0 saturated carbocycles. The maximum atomic E-state index is 10.2. The summed E-state index contributed by atoms with van der Waals surface area (Å²) in [7, 11) is 0. The third kappa shape index (κ3) is 8.70. The molecule has 0 aromatic carbocycles. The van der Waals surface area contributed by atoms with Gasteiger partial charge in [0.15, 0.2) is 0 Å². The first kappa shape index (κ1) is 15.1. The molecule has 6 heteroatoms. The summed E-state index contributed by atoms with van der Waals surface area (Å²) >= 11 is 0. The molecule has 0 unspecified atom stereocenters. The predicted octanol–water partition coefficient (Wildman–Crippen LogP) is -1.80. The second-order valence-electron chi connectivity index (χ2n) is 2.12. The van der Waals surface area contributed by atoms with E-state index in [4.69, 9.17) is 15.3 Å². The zero-order valence-electron chi connectivity index (χ0n) is 8.94. The van der Waals surface area contributed by atoms with Crippen molar-refractivity contribution < 1.29 is 23.0 Å². The Kier molecular flexibility index (Phi) is 12.2. The molecule has 5 nitrogen and oxygen atoms in total. The van der Waals surface area contributed by atoms with Gasteiger partial charge in [0.05, 0.1) is 19.8 Å². The minimum Gasteiger partial charge on any atom is -1.00 e. The molecule has 0 rings (SSSR count). The third-order valence-corrected chi connectivity index (χ3v) is 1.19. The summed E-state index contributed by atoms with van der Waals surface area (Å²) in [6, 6.07) is 0. The molecule has 0 aliphatic carbocycles. The van der Waals surface area contributed by atoms with Gasteiger partial charge in [-0.25, -0.2) is 0 Å². The largest absolute Gasteiger partial charge is 2.00 e. The first-order chi connectivity index (χ1) is 5.20. The maximum Gasteiger partial charge on any atom is 2.00 e. The van der Waals surface area contributed by atoms with Crippen molar-refractivity contribution in [3.63, 3.8) is 0 Å². The standard InChI is InChI=1S/C6H13NO4.Ca.2H/c8-3-1-7(2-4-9)5-6(10)11;;;/h8-9H,1-5H2,(H,10,11);;;/q;+2;2*-1. The molecular formula is C6H15CaNO4. The zero-order chi connectivity index (χ0) is 8.69. The summed E-state index contributed by atoms with van der Waals surface area (Å²) in [4.78, 5) is 11.6. The average Bonchev–Trinajstić information content (AvgIpc) is 1.87. The van der Waals surface area contributed by atoms with Crippen LogP contribution in [0.2, 0.25) is 0 Å². The van der Waals surface area contributed by atoms with Crippen molar-refractivity contribution in [2.75, 3.05) is 32.8 Å². The summed E-state index contributed by atoms with van der Waals surface area (Å²) in [5.41, 5.74) is 0. The molecule has 0 amide bonds. The van der Waals surface area contributed by atoms with Gasteiger partial charge in [0.25, 0.3) is 0 Å². The SMILES string of the molecule is O=C(O)CN(CCO)CCO.[Ca+2].[H-].[H-]. The Morgan fingerprint density at radius 2 is 1.67 bits per heavy atom. The molecule has 70 valence electrons. The summed E-state index contributed by atoms with van der Waals surface area (Å²) in [5.74, 6) is -0.952. The summed E-state index contributed by atoms with van der Waals surface area (Å²) in [6.07, 6.45) is 0. The van der Waals surface area contributed by atoms with Crippen LogP contribution in [0.1, 0.15) is 2.85 Å². The van der Waals surface area contributed by atoms with E-state index in [1.807, 2.05) is 0 Å². The van der Waals surface area contributed by atoms with E-state index in [-0.39, 0.29) is 73.4 Å². The number of aliphatic hydroxyl groups is 2. The van der Waals surface area contributed by atoms with Crippen LogP contribution in [0, 0.1) is 0 Å². The molecule has 0 fully saturated rings. The number of carboxylic acid groups (broad SMARTS) is 1. The molecule has 0 spiro atoms. The number of carboxylic acids is 1. The average molecular weight is 205 g/mol. The first-order valence-corrected chi connectivity index (χ1v) is 3.36. The van der Waals surface area contributed by atoms with Gasteiger partial charge in [-0.15, -0.1) is 0 Å². The van der Waals surface area contributed by atoms with Crippen LogP contribution in [-0.4, -0.2) is 96.8 Å². The van der Waals surface area contributed by atoms with Crippen LogP contribution < -0.4 is 0 Å². The number of rotatable bonds is 6. The van der Waals surface area contributed by atoms with E-state index < -0.39 is 5.97 Å². The van der Waals surface area contributed by atoms with Crippen LogP contribution in [0.3, 0.4) is 0 Å². The normalized spacial score (nSPS) is 9.58. The Hall–Kier alpha value is 0.610. The maximum absolute atomic E-state index is 10.2. The van der Waals surface area contributed by atoms with Crippen molar-refractivity contribution in [2.24, 2.45) is 0 Å². The van der Waals surface area contributed by atoms with Gasteiger partial charge in [-0.3, -0.25) is 9.69 Å². The Morgan fingerprint density at radius 3 is 1.92 bits per heavy atom. The van der Waals surface area contributed by atoms with Crippen LogP contribution in [0.5, 0.6) is 0 Å². The van der Waals surface area contributed by atoms with E-state index in [2.05, 4.69) is 0 Å². The fourth-order valence-electron chi connectivity index (χ4n) is 0.744. The second-order valence-corrected chi connectivity index (χ2v) is 2.12. The van der Waals surface area contributed by atoms with Gasteiger partial charge in [-0.2, -0.15) is 0 Å². The molecule has 0 aliphatic rings. The first-order valence-electron chi connectivity index (χ1n) is 3.36. The van der Waals surface area contributed by atoms with Gasteiger partial charge < -0.3 is 18.2 Å². The van der Waals surface area contributed by atoms with Crippen LogP contribution in [0.15, 0.2) is 0 Å². The minimum absolute atomic E-state index is 0. The Morgan fingerprint density at radius 1 is 1.25 bits per heavy atom. The Labute approximate surface area is 104 Å². The smallest absolute Gasteiger partial charge is 1.00 e. The molecule has 0 aromatic rings. The van der Waals surface area contributed by atoms with Crippen molar-refractivity contribution in [3.8, 4) is 0 Å². The van der Waals surface area contributed by atoms with Crippen molar-refractivity contribution >= 4 is 43.7 Å². The number of aliphatic carboxylic acids is 1.